The van der Waals surface area contributed by atoms with Crippen molar-refractivity contribution in [3.63, 3.8) is 0 Å². The minimum Gasteiger partial charge on any atom is -0.417 e. The van der Waals surface area contributed by atoms with Gasteiger partial charge in [0.2, 0.25) is 0 Å². The van der Waals surface area contributed by atoms with Crippen molar-refractivity contribution >= 4 is 8.60 Å². The van der Waals surface area contributed by atoms with E-state index in [4.69, 9.17) is 13.6 Å². The van der Waals surface area contributed by atoms with E-state index in [2.05, 4.69) is 20.1 Å². The van der Waals surface area contributed by atoms with Crippen LogP contribution in [0.2, 0.25) is 0 Å². The predicted octanol–water partition coefficient (Wildman–Crippen LogP) is 7.36. The Morgan fingerprint density at radius 2 is 2.00 bits per heavy atom. The smallest absolute Gasteiger partial charge is 0.417 e. The molecule has 0 bridgehead atoms. The molecule has 0 aliphatic heterocycles. The lowest BCUT2D eigenvalue weighted by atomic mass is 10.1. The third-order valence-corrected chi connectivity index (χ3v) is 5.27. The molecule has 0 amide bonds. The van der Waals surface area contributed by atoms with Crippen LogP contribution in [0, 0.1) is 0 Å². The summed E-state index contributed by atoms with van der Waals surface area (Å²) in [5.41, 5.74) is 3.14. The van der Waals surface area contributed by atoms with Gasteiger partial charge in [0.25, 0.3) is 0 Å². The molecule has 148 valence electrons. The molecule has 1 aromatic rings. The summed E-state index contributed by atoms with van der Waals surface area (Å²) >= 11 is 0. The summed E-state index contributed by atoms with van der Waals surface area (Å²) in [7, 11) is -1.70. The van der Waals surface area contributed by atoms with E-state index in [0.717, 1.165) is 35.3 Å². The number of hydrogen-bond acceptors (Lipinski definition) is 3. The zero-order valence-electron chi connectivity index (χ0n) is 16.9. The number of benzene rings is 1. The number of rotatable bonds is 10. The van der Waals surface area contributed by atoms with Gasteiger partial charge in [0.15, 0.2) is 0 Å². The molecule has 0 spiro atoms. The number of hydrogen-bond donors (Lipinski definition) is 0. The maximum absolute atomic E-state index is 6.20. The summed E-state index contributed by atoms with van der Waals surface area (Å²) in [5.74, 6) is 1.40. The summed E-state index contributed by atoms with van der Waals surface area (Å²) in [6.07, 6.45) is 14.9. The molecule has 2 unspecified atom stereocenters. The molecule has 0 fully saturated rings. The van der Waals surface area contributed by atoms with Crippen molar-refractivity contribution in [1.29, 1.82) is 0 Å². The van der Waals surface area contributed by atoms with Crippen LogP contribution in [0.3, 0.4) is 0 Å². The lowest BCUT2D eigenvalue weighted by Crippen LogP contribution is -2.08. The summed E-state index contributed by atoms with van der Waals surface area (Å²) < 4.78 is 18.5. The molecule has 0 heterocycles. The van der Waals surface area contributed by atoms with Gasteiger partial charge in [-0.2, -0.15) is 0 Å². The van der Waals surface area contributed by atoms with Gasteiger partial charge >= 0.3 is 8.60 Å². The van der Waals surface area contributed by atoms with Gasteiger partial charge in [-0.15, -0.1) is 0 Å². The van der Waals surface area contributed by atoms with Gasteiger partial charge in [-0.1, -0.05) is 87.2 Å². The van der Waals surface area contributed by atoms with Gasteiger partial charge < -0.3 is 9.05 Å². The molecule has 0 N–H and O–H groups in total. The molecule has 0 radical (unpaired) electrons. The van der Waals surface area contributed by atoms with Gasteiger partial charge in [-0.25, -0.2) is 0 Å². The molecule has 0 saturated carbocycles. The van der Waals surface area contributed by atoms with Crippen LogP contribution in [0.1, 0.15) is 32.8 Å². The van der Waals surface area contributed by atoms with Crippen LogP contribution in [-0.2, 0) is 15.5 Å². The minimum atomic E-state index is -1.70. The molecule has 2 rings (SSSR count). The van der Waals surface area contributed by atoms with Crippen LogP contribution in [0.25, 0.3) is 0 Å². The highest BCUT2D eigenvalue weighted by Gasteiger charge is 2.23. The first kappa shape index (κ1) is 21.9. The van der Waals surface area contributed by atoms with Crippen LogP contribution in [0.5, 0.6) is 5.75 Å². The molecule has 3 nitrogen and oxygen atoms in total. The Hall–Kier alpha value is -2.35. The normalized spacial score (nSPS) is 17.5. The standard InChI is InChI=1S/C24H29O3P/c1-6-12-23(20(5)7-2)26-28(25-22-15-11-13-19(4)17-18-22)27-24-16-10-9-14-21(24)8-3/h6,9-18,22H,1,5,7-8H2,2-4H3/b23-12+. The Balaban J connectivity index is 2.26. The van der Waals surface area contributed by atoms with E-state index in [1.165, 1.54) is 0 Å². The van der Waals surface area contributed by atoms with Crippen LogP contribution in [0.15, 0.2) is 96.9 Å². The van der Waals surface area contributed by atoms with E-state index in [1.54, 1.807) is 12.2 Å². The second kappa shape index (κ2) is 11.5. The quantitative estimate of drug-likeness (QED) is 0.235. The second-order valence-electron chi connectivity index (χ2n) is 6.32. The van der Waals surface area contributed by atoms with Gasteiger partial charge in [-0.05, 0) is 43.0 Å². The van der Waals surface area contributed by atoms with Crippen LogP contribution in [-0.4, -0.2) is 6.10 Å². The molecule has 4 heteroatoms. The molecular weight excluding hydrogens is 367 g/mol. The Bertz CT molecular complexity index is 802. The monoisotopic (exact) mass is 396 g/mol. The first-order valence-electron chi connectivity index (χ1n) is 9.52. The average molecular weight is 396 g/mol. The maximum Gasteiger partial charge on any atom is 0.464 e. The second-order valence-corrected chi connectivity index (χ2v) is 7.34. The van der Waals surface area contributed by atoms with Crippen LogP contribution < -0.4 is 4.52 Å². The van der Waals surface area contributed by atoms with E-state index < -0.39 is 8.60 Å². The molecule has 0 aromatic heterocycles. The Kier molecular flexibility index (Phi) is 9.00. The van der Waals surface area contributed by atoms with E-state index in [9.17, 15) is 0 Å². The maximum atomic E-state index is 6.20. The zero-order chi connectivity index (χ0) is 20.4. The van der Waals surface area contributed by atoms with Gasteiger partial charge in [0.1, 0.15) is 17.6 Å². The molecule has 1 aliphatic rings. The Labute approximate surface area is 170 Å². The third-order valence-electron chi connectivity index (χ3n) is 4.16. The van der Waals surface area contributed by atoms with Crippen molar-refractivity contribution in [2.24, 2.45) is 0 Å². The first-order chi connectivity index (χ1) is 13.6. The summed E-state index contributed by atoms with van der Waals surface area (Å²) in [4.78, 5) is 0. The molecule has 0 saturated heterocycles. The summed E-state index contributed by atoms with van der Waals surface area (Å²) in [6, 6.07) is 7.94. The number of allylic oxidation sites excluding steroid dienone is 7. The minimum absolute atomic E-state index is 0.242. The lowest BCUT2D eigenvalue weighted by Gasteiger charge is -2.23. The van der Waals surface area contributed by atoms with E-state index in [-0.39, 0.29) is 6.10 Å². The van der Waals surface area contributed by atoms with E-state index in [0.29, 0.717) is 5.76 Å². The zero-order valence-corrected chi connectivity index (χ0v) is 17.8. The molecule has 1 aliphatic carbocycles. The van der Waals surface area contributed by atoms with E-state index >= 15 is 0 Å². The average Bonchev–Trinajstić information content (AvgIpc) is 2.91. The fraction of sp³-hybridized carbons (Fsp3) is 0.250. The van der Waals surface area contributed by atoms with Crippen molar-refractivity contribution < 1.29 is 13.6 Å². The molecular formula is C24H29O3P. The largest absolute Gasteiger partial charge is 0.464 e. The highest BCUT2D eigenvalue weighted by atomic mass is 31.2. The van der Waals surface area contributed by atoms with Gasteiger partial charge in [-0.3, -0.25) is 4.52 Å². The van der Waals surface area contributed by atoms with Crippen molar-refractivity contribution in [2.75, 3.05) is 0 Å². The molecule has 28 heavy (non-hydrogen) atoms. The highest BCUT2D eigenvalue weighted by molar-refractivity contribution is 7.42. The Morgan fingerprint density at radius 3 is 2.71 bits per heavy atom. The topological polar surface area (TPSA) is 27.7 Å². The summed E-state index contributed by atoms with van der Waals surface area (Å²) in [6.45, 7) is 14.0. The summed E-state index contributed by atoms with van der Waals surface area (Å²) in [5, 5.41) is 0. The van der Waals surface area contributed by atoms with Crippen molar-refractivity contribution in [2.45, 2.75) is 39.7 Å². The van der Waals surface area contributed by atoms with Gasteiger partial charge in [0, 0.05) is 0 Å². The molecule has 1 aromatic carbocycles. The predicted molar refractivity (Wildman–Crippen MR) is 119 cm³/mol. The van der Waals surface area contributed by atoms with Crippen LogP contribution >= 0.6 is 8.60 Å². The fourth-order valence-electron chi connectivity index (χ4n) is 2.45. The van der Waals surface area contributed by atoms with Crippen molar-refractivity contribution in [1.82, 2.24) is 0 Å². The van der Waals surface area contributed by atoms with E-state index in [1.807, 2.05) is 68.5 Å². The highest BCUT2D eigenvalue weighted by Crippen LogP contribution is 2.46. The van der Waals surface area contributed by atoms with Crippen LogP contribution in [0.4, 0.5) is 0 Å². The SMILES string of the molecule is C=C/C=C(/OP(Oc1ccccc1CC)OC1C=CC=C(C)C=C1)C(=C)CC. The van der Waals surface area contributed by atoms with Gasteiger partial charge in [0.05, 0.1) is 0 Å². The fourth-order valence-corrected chi connectivity index (χ4v) is 3.61. The van der Waals surface area contributed by atoms with Crippen molar-refractivity contribution in [3.05, 3.63) is 102 Å². The lowest BCUT2D eigenvalue weighted by molar-refractivity contribution is 0.227. The number of para-hydroxylation sites is 1. The Morgan fingerprint density at radius 1 is 1.21 bits per heavy atom. The van der Waals surface area contributed by atoms with Crippen molar-refractivity contribution in [3.8, 4) is 5.75 Å². The first-order valence-corrected chi connectivity index (χ1v) is 10.6. The molecule has 2 atom stereocenters. The third kappa shape index (κ3) is 6.67. The number of aryl methyl sites for hydroxylation is 1.